The summed E-state index contributed by atoms with van der Waals surface area (Å²) >= 11 is 0. The summed E-state index contributed by atoms with van der Waals surface area (Å²) in [6, 6.07) is 3.74. The van der Waals surface area contributed by atoms with Crippen molar-refractivity contribution in [2.24, 2.45) is 0 Å². The number of hydrogen-bond donors (Lipinski definition) is 1. The maximum Gasteiger partial charge on any atom is 0.249 e. The molecule has 0 bridgehead atoms. The van der Waals surface area contributed by atoms with E-state index in [-0.39, 0.29) is 5.91 Å². The van der Waals surface area contributed by atoms with Crippen molar-refractivity contribution in [1.29, 1.82) is 0 Å². The van der Waals surface area contributed by atoms with Crippen molar-refractivity contribution in [2.45, 2.75) is 19.6 Å². The van der Waals surface area contributed by atoms with Crippen LogP contribution in [0.4, 0.5) is 0 Å². The molecule has 1 aromatic rings. The van der Waals surface area contributed by atoms with Crippen LogP contribution in [0.25, 0.3) is 0 Å². The molecule has 0 spiro atoms. The Labute approximate surface area is 83.3 Å². The van der Waals surface area contributed by atoms with Crippen molar-refractivity contribution in [3.05, 3.63) is 30.1 Å². The van der Waals surface area contributed by atoms with Gasteiger partial charge in [-0.25, -0.2) is 0 Å². The number of nitrogens with zero attached hydrogens (tertiary/aromatic N) is 1. The van der Waals surface area contributed by atoms with Crippen LogP contribution in [0, 0.1) is 0 Å². The summed E-state index contributed by atoms with van der Waals surface area (Å²) in [5, 5.41) is 2.75. The van der Waals surface area contributed by atoms with Crippen molar-refractivity contribution in [3.63, 3.8) is 0 Å². The second-order valence-electron chi connectivity index (χ2n) is 2.96. The van der Waals surface area contributed by atoms with E-state index < -0.39 is 6.10 Å². The summed E-state index contributed by atoms with van der Waals surface area (Å²) in [4.78, 5) is 15.2. The minimum atomic E-state index is -0.410. The standard InChI is InChI=1S/C10H14N2O2/c1-8(14-2)10(13)12-7-9-4-3-5-11-6-9/h3-6,8H,7H2,1-2H3,(H,12,13). The van der Waals surface area contributed by atoms with Gasteiger partial charge in [-0.1, -0.05) is 6.07 Å². The van der Waals surface area contributed by atoms with Gasteiger partial charge in [0.2, 0.25) is 5.91 Å². The van der Waals surface area contributed by atoms with Crippen molar-refractivity contribution in [2.75, 3.05) is 7.11 Å². The SMILES string of the molecule is COC(C)C(=O)NCc1cccnc1. The lowest BCUT2D eigenvalue weighted by Gasteiger charge is -2.09. The number of hydrogen-bond acceptors (Lipinski definition) is 3. The zero-order valence-corrected chi connectivity index (χ0v) is 8.36. The highest BCUT2D eigenvalue weighted by atomic mass is 16.5. The van der Waals surface area contributed by atoms with Crippen LogP contribution in [0.5, 0.6) is 0 Å². The topological polar surface area (TPSA) is 51.2 Å². The van der Waals surface area contributed by atoms with E-state index in [9.17, 15) is 4.79 Å². The number of methoxy groups -OCH3 is 1. The second kappa shape index (κ2) is 5.34. The molecule has 1 N–H and O–H groups in total. The van der Waals surface area contributed by atoms with E-state index in [2.05, 4.69) is 10.3 Å². The van der Waals surface area contributed by atoms with E-state index >= 15 is 0 Å². The third-order valence-corrected chi connectivity index (χ3v) is 1.91. The Hall–Kier alpha value is -1.42. The molecule has 0 fully saturated rings. The van der Waals surface area contributed by atoms with Gasteiger partial charge in [-0.15, -0.1) is 0 Å². The summed E-state index contributed by atoms with van der Waals surface area (Å²) in [6.45, 7) is 2.19. The smallest absolute Gasteiger partial charge is 0.249 e. The largest absolute Gasteiger partial charge is 0.372 e. The number of amides is 1. The fourth-order valence-corrected chi connectivity index (χ4v) is 0.943. The highest BCUT2D eigenvalue weighted by Gasteiger charge is 2.09. The number of aromatic nitrogens is 1. The van der Waals surface area contributed by atoms with E-state index in [1.165, 1.54) is 7.11 Å². The highest BCUT2D eigenvalue weighted by Crippen LogP contribution is 1.95. The number of rotatable bonds is 4. The molecule has 0 radical (unpaired) electrons. The molecule has 1 rings (SSSR count). The van der Waals surface area contributed by atoms with Gasteiger partial charge in [-0.3, -0.25) is 9.78 Å². The van der Waals surface area contributed by atoms with Gasteiger partial charge in [0, 0.05) is 26.0 Å². The summed E-state index contributed by atoms with van der Waals surface area (Å²) in [6.07, 6.45) is 3.01. The van der Waals surface area contributed by atoms with Crippen LogP contribution in [0.3, 0.4) is 0 Å². The van der Waals surface area contributed by atoms with Crippen molar-refractivity contribution in [1.82, 2.24) is 10.3 Å². The molecule has 1 heterocycles. The molecule has 0 aliphatic rings. The maximum absolute atomic E-state index is 11.3. The van der Waals surface area contributed by atoms with Gasteiger partial charge < -0.3 is 10.1 Å². The summed E-state index contributed by atoms with van der Waals surface area (Å²) in [5.74, 6) is -0.114. The molecule has 1 aromatic heterocycles. The quantitative estimate of drug-likeness (QED) is 0.768. The van der Waals surface area contributed by atoms with Crippen LogP contribution in [0.15, 0.2) is 24.5 Å². The normalized spacial score (nSPS) is 12.1. The summed E-state index contributed by atoms with van der Waals surface area (Å²) < 4.78 is 4.87. The number of carbonyl (C=O) groups excluding carboxylic acids is 1. The molecule has 4 heteroatoms. The molecule has 0 saturated carbocycles. The third kappa shape index (κ3) is 3.14. The molecule has 0 aliphatic carbocycles. The maximum atomic E-state index is 11.3. The van der Waals surface area contributed by atoms with Crippen molar-refractivity contribution >= 4 is 5.91 Å². The number of nitrogens with one attached hydrogen (secondary N) is 1. The second-order valence-corrected chi connectivity index (χ2v) is 2.96. The van der Waals surface area contributed by atoms with Gasteiger partial charge in [0.15, 0.2) is 0 Å². The first-order valence-electron chi connectivity index (χ1n) is 4.43. The predicted molar refractivity (Wildman–Crippen MR) is 52.6 cm³/mol. The Morgan fingerprint density at radius 1 is 1.71 bits per heavy atom. The Kier molecular flexibility index (Phi) is 4.07. The first-order chi connectivity index (χ1) is 6.74. The molecule has 1 atom stereocenters. The highest BCUT2D eigenvalue weighted by molar-refractivity contribution is 5.80. The summed E-state index contributed by atoms with van der Waals surface area (Å²) in [7, 11) is 1.51. The van der Waals surface area contributed by atoms with E-state index in [0.29, 0.717) is 6.54 Å². The van der Waals surface area contributed by atoms with Gasteiger partial charge in [-0.2, -0.15) is 0 Å². The Morgan fingerprint density at radius 2 is 2.50 bits per heavy atom. The molecule has 0 aliphatic heterocycles. The molecule has 4 nitrogen and oxygen atoms in total. The van der Waals surface area contributed by atoms with Crippen molar-refractivity contribution < 1.29 is 9.53 Å². The van der Waals surface area contributed by atoms with Gasteiger partial charge in [0.1, 0.15) is 6.10 Å². The molecule has 0 aromatic carbocycles. The minimum Gasteiger partial charge on any atom is -0.372 e. The van der Waals surface area contributed by atoms with Crippen molar-refractivity contribution in [3.8, 4) is 0 Å². The molecule has 14 heavy (non-hydrogen) atoms. The zero-order chi connectivity index (χ0) is 10.4. The monoisotopic (exact) mass is 194 g/mol. The molecular formula is C10H14N2O2. The molecule has 1 amide bonds. The molecule has 0 saturated heterocycles. The van der Waals surface area contributed by atoms with Gasteiger partial charge >= 0.3 is 0 Å². The number of ether oxygens (including phenoxy) is 1. The Bertz CT molecular complexity index is 287. The van der Waals surface area contributed by atoms with Gasteiger partial charge in [-0.05, 0) is 18.6 Å². The van der Waals surface area contributed by atoms with Crippen LogP contribution >= 0.6 is 0 Å². The number of carbonyl (C=O) groups is 1. The van der Waals surface area contributed by atoms with Crippen LogP contribution < -0.4 is 5.32 Å². The summed E-state index contributed by atoms with van der Waals surface area (Å²) in [5.41, 5.74) is 0.976. The first kappa shape index (κ1) is 10.7. The lowest BCUT2D eigenvalue weighted by atomic mass is 10.3. The lowest BCUT2D eigenvalue weighted by Crippen LogP contribution is -2.33. The first-order valence-corrected chi connectivity index (χ1v) is 4.43. The lowest BCUT2D eigenvalue weighted by molar-refractivity contribution is -0.130. The zero-order valence-electron chi connectivity index (χ0n) is 8.36. The van der Waals surface area contributed by atoms with Gasteiger partial charge in [0.25, 0.3) is 0 Å². The fourth-order valence-electron chi connectivity index (χ4n) is 0.943. The van der Waals surface area contributed by atoms with Crippen LogP contribution in [0.1, 0.15) is 12.5 Å². The third-order valence-electron chi connectivity index (χ3n) is 1.91. The number of pyridine rings is 1. The fraction of sp³-hybridized carbons (Fsp3) is 0.400. The van der Waals surface area contributed by atoms with Crippen LogP contribution in [-0.2, 0) is 16.1 Å². The Morgan fingerprint density at radius 3 is 3.07 bits per heavy atom. The predicted octanol–water partition coefficient (Wildman–Crippen LogP) is 0.733. The van der Waals surface area contributed by atoms with Gasteiger partial charge in [0.05, 0.1) is 0 Å². The average molecular weight is 194 g/mol. The van der Waals surface area contributed by atoms with E-state index in [0.717, 1.165) is 5.56 Å². The minimum absolute atomic E-state index is 0.114. The molecular weight excluding hydrogens is 180 g/mol. The molecule has 76 valence electrons. The molecule has 1 unspecified atom stereocenters. The Balaban J connectivity index is 2.38. The van der Waals surface area contributed by atoms with Crippen LogP contribution in [0.2, 0.25) is 0 Å². The van der Waals surface area contributed by atoms with E-state index in [1.807, 2.05) is 12.1 Å². The average Bonchev–Trinajstić information content (AvgIpc) is 2.26. The van der Waals surface area contributed by atoms with E-state index in [4.69, 9.17) is 4.74 Å². The van der Waals surface area contributed by atoms with E-state index in [1.54, 1.807) is 19.3 Å². The van der Waals surface area contributed by atoms with Crippen LogP contribution in [-0.4, -0.2) is 24.1 Å².